The lowest BCUT2D eigenvalue weighted by atomic mass is 9.74. The van der Waals surface area contributed by atoms with Gasteiger partial charge in [-0.2, -0.15) is 0 Å². The predicted molar refractivity (Wildman–Crippen MR) is 89.3 cm³/mol. The molecule has 1 unspecified atom stereocenters. The molecule has 1 saturated heterocycles. The minimum Gasteiger partial charge on any atom is -0.328 e. The van der Waals surface area contributed by atoms with Crippen LogP contribution in [0.4, 0.5) is 0 Å². The Morgan fingerprint density at radius 1 is 1.24 bits per heavy atom. The van der Waals surface area contributed by atoms with Gasteiger partial charge in [0.25, 0.3) is 0 Å². The molecule has 1 aliphatic heterocycles. The number of likely N-dealkylation sites (tertiary alicyclic amines) is 1. The SMILES string of the molecule is CCCC1CCN(C2(CN)CCCc3ccccc32)CC1. The summed E-state index contributed by atoms with van der Waals surface area (Å²) in [6.07, 6.45) is 9.19. The number of benzene rings is 1. The highest BCUT2D eigenvalue weighted by Gasteiger charge is 2.41. The average molecular weight is 286 g/mol. The van der Waals surface area contributed by atoms with Crippen LogP contribution in [0, 0.1) is 5.92 Å². The van der Waals surface area contributed by atoms with Crippen LogP contribution >= 0.6 is 0 Å². The zero-order valence-corrected chi connectivity index (χ0v) is 13.5. The van der Waals surface area contributed by atoms with E-state index in [0.717, 1.165) is 12.5 Å². The van der Waals surface area contributed by atoms with Crippen LogP contribution in [-0.2, 0) is 12.0 Å². The summed E-state index contributed by atoms with van der Waals surface area (Å²) in [7, 11) is 0. The maximum Gasteiger partial charge on any atom is 0.0586 e. The molecule has 2 nitrogen and oxygen atoms in total. The fourth-order valence-corrected chi connectivity index (χ4v) is 4.63. The molecule has 0 spiro atoms. The van der Waals surface area contributed by atoms with Crippen LogP contribution in [0.5, 0.6) is 0 Å². The topological polar surface area (TPSA) is 29.3 Å². The summed E-state index contributed by atoms with van der Waals surface area (Å²) in [5, 5.41) is 0. The van der Waals surface area contributed by atoms with Gasteiger partial charge in [0.1, 0.15) is 0 Å². The van der Waals surface area contributed by atoms with Crippen molar-refractivity contribution in [2.75, 3.05) is 19.6 Å². The lowest BCUT2D eigenvalue weighted by Crippen LogP contribution is -2.55. The van der Waals surface area contributed by atoms with Crippen molar-refractivity contribution >= 4 is 0 Å². The van der Waals surface area contributed by atoms with Crippen molar-refractivity contribution in [1.29, 1.82) is 0 Å². The van der Waals surface area contributed by atoms with Crippen LogP contribution in [0.15, 0.2) is 24.3 Å². The molecule has 2 aliphatic rings. The largest absolute Gasteiger partial charge is 0.328 e. The van der Waals surface area contributed by atoms with Crippen LogP contribution in [0.2, 0.25) is 0 Å². The number of nitrogens with two attached hydrogens (primary N) is 1. The maximum absolute atomic E-state index is 6.34. The van der Waals surface area contributed by atoms with E-state index in [1.165, 1.54) is 69.2 Å². The van der Waals surface area contributed by atoms with E-state index in [4.69, 9.17) is 5.73 Å². The van der Waals surface area contributed by atoms with Crippen molar-refractivity contribution in [2.45, 2.75) is 57.4 Å². The van der Waals surface area contributed by atoms with E-state index in [1.54, 1.807) is 0 Å². The molecule has 1 aromatic carbocycles. The Morgan fingerprint density at radius 2 is 2.00 bits per heavy atom. The molecular weight excluding hydrogens is 256 g/mol. The first kappa shape index (κ1) is 15.1. The van der Waals surface area contributed by atoms with Gasteiger partial charge < -0.3 is 5.73 Å². The molecule has 21 heavy (non-hydrogen) atoms. The van der Waals surface area contributed by atoms with E-state index in [9.17, 15) is 0 Å². The van der Waals surface area contributed by atoms with E-state index in [-0.39, 0.29) is 5.54 Å². The van der Waals surface area contributed by atoms with E-state index in [2.05, 4.69) is 36.1 Å². The highest BCUT2D eigenvalue weighted by molar-refractivity contribution is 5.37. The van der Waals surface area contributed by atoms with Gasteiger partial charge in [0.05, 0.1) is 5.54 Å². The molecule has 1 aliphatic carbocycles. The molecule has 2 N–H and O–H groups in total. The molecule has 2 heteroatoms. The molecule has 0 aromatic heterocycles. The van der Waals surface area contributed by atoms with Crippen LogP contribution in [0.25, 0.3) is 0 Å². The van der Waals surface area contributed by atoms with Gasteiger partial charge in [0.2, 0.25) is 0 Å². The van der Waals surface area contributed by atoms with E-state index in [1.807, 2.05) is 0 Å². The normalized spacial score (nSPS) is 27.5. The molecule has 0 amide bonds. The Hall–Kier alpha value is -0.860. The summed E-state index contributed by atoms with van der Waals surface area (Å²) < 4.78 is 0. The zero-order chi connectivity index (χ0) is 14.7. The number of hydrogen-bond donors (Lipinski definition) is 1. The first-order valence-corrected chi connectivity index (χ1v) is 8.83. The van der Waals surface area contributed by atoms with Gasteiger partial charge in [-0.3, -0.25) is 4.90 Å². The summed E-state index contributed by atoms with van der Waals surface area (Å²) in [4.78, 5) is 2.72. The molecule has 1 atom stereocenters. The van der Waals surface area contributed by atoms with Gasteiger partial charge in [-0.25, -0.2) is 0 Å². The quantitative estimate of drug-likeness (QED) is 0.914. The van der Waals surface area contributed by atoms with Gasteiger partial charge in [0.15, 0.2) is 0 Å². The highest BCUT2D eigenvalue weighted by Crippen LogP contribution is 2.41. The number of piperidine rings is 1. The van der Waals surface area contributed by atoms with Gasteiger partial charge in [0, 0.05) is 6.54 Å². The molecule has 0 bridgehead atoms. The van der Waals surface area contributed by atoms with Crippen molar-refractivity contribution in [3.05, 3.63) is 35.4 Å². The lowest BCUT2D eigenvalue weighted by molar-refractivity contribution is 0.0373. The Morgan fingerprint density at radius 3 is 2.71 bits per heavy atom. The van der Waals surface area contributed by atoms with Gasteiger partial charge >= 0.3 is 0 Å². The van der Waals surface area contributed by atoms with Gasteiger partial charge in [-0.1, -0.05) is 44.0 Å². The molecule has 116 valence electrons. The first-order chi connectivity index (χ1) is 10.3. The second-order valence-corrected chi connectivity index (χ2v) is 6.97. The summed E-state index contributed by atoms with van der Waals surface area (Å²) in [5.74, 6) is 0.944. The lowest BCUT2D eigenvalue weighted by Gasteiger charge is -2.49. The second-order valence-electron chi connectivity index (χ2n) is 6.97. The van der Waals surface area contributed by atoms with E-state index < -0.39 is 0 Å². The number of fused-ring (bicyclic) bond motifs is 1. The van der Waals surface area contributed by atoms with Crippen molar-refractivity contribution in [3.63, 3.8) is 0 Å². The maximum atomic E-state index is 6.34. The summed E-state index contributed by atoms with van der Waals surface area (Å²) in [6, 6.07) is 9.01. The molecule has 1 aromatic rings. The number of aryl methyl sites for hydroxylation is 1. The van der Waals surface area contributed by atoms with Crippen molar-refractivity contribution in [1.82, 2.24) is 4.90 Å². The molecule has 3 rings (SSSR count). The molecular formula is C19H30N2. The molecule has 1 heterocycles. The Kier molecular flexibility index (Phi) is 4.66. The summed E-state index contributed by atoms with van der Waals surface area (Å²) in [6.45, 7) is 5.54. The van der Waals surface area contributed by atoms with Crippen LogP contribution in [0.3, 0.4) is 0 Å². The van der Waals surface area contributed by atoms with Crippen LogP contribution in [-0.4, -0.2) is 24.5 Å². The van der Waals surface area contributed by atoms with E-state index in [0.29, 0.717) is 0 Å². The Bertz CT molecular complexity index is 462. The smallest absolute Gasteiger partial charge is 0.0586 e. The molecule has 0 radical (unpaired) electrons. The summed E-state index contributed by atoms with van der Waals surface area (Å²) >= 11 is 0. The van der Waals surface area contributed by atoms with Crippen molar-refractivity contribution in [3.8, 4) is 0 Å². The van der Waals surface area contributed by atoms with Crippen molar-refractivity contribution in [2.24, 2.45) is 11.7 Å². The fraction of sp³-hybridized carbons (Fsp3) is 0.684. The second kappa shape index (κ2) is 6.50. The van der Waals surface area contributed by atoms with E-state index >= 15 is 0 Å². The first-order valence-electron chi connectivity index (χ1n) is 8.83. The van der Waals surface area contributed by atoms with Gasteiger partial charge in [-0.15, -0.1) is 0 Å². The zero-order valence-electron chi connectivity index (χ0n) is 13.5. The monoisotopic (exact) mass is 286 g/mol. The molecule has 0 saturated carbocycles. The third-order valence-electron chi connectivity index (χ3n) is 5.81. The predicted octanol–water partition coefficient (Wildman–Crippen LogP) is 3.69. The Balaban J connectivity index is 1.82. The van der Waals surface area contributed by atoms with Crippen LogP contribution in [0.1, 0.15) is 56.6 Å². The molecule has 1 fully saturated rings. The third-order valence-corrected chi connectivity index (χ3v) is 5.81. The summed E-state index contributed by atoms with van der Waals surface area (Å²) in [5.41, 5.74) is 9.51. The standard InChI is InChI=1S/C19H30N2/c1-2-6-16-10-13-21(14-11-16)19(15-20)12-5-8-17-7-3-4-9-18(17)19/h3-4,7,9,16H,2,5-6,8,10-15,20H2,1H3. The minimum absolute atomic E-state index is 0.117. The fourth-order valence-electron chi connectivity index (χ4n) is 4.63. The minimum atomic E-state index is 0.117. The Labute approximate surface area is 129 Å². The third kappa shape index (κ3) is 2.76. The highest BCUT2D eigenvalue weighted by atomic mass is 15.2. The van der Waals surface area contributed by atoms with Crippen molar-refractivity contribution < 1.29 is 0 Å². The van der Waals surface area contributed by atoms with Gasteiger partial charge in [-0.05, 0) is 62.2 Å². The number of nitrogens with zero attached hydrogens (tertiary/aromatic N) is 1. The average Bonchev–Trinajstić information content (AvgIpc) is 2.55. The number of rotatable bonds is 4. The van der Waals surface area contributed by atoms with Crippen LogP contribution < -0.4 is 5.73 Å². The number of hydrogen-bond acceptors (Lipinski definition) is 2.